The van der Waals surface area contributed by atoms with Gasteiger partial charge in [0.25, 0.3) is 0 Å². The lowest BCUT2D eigenvalue weighted by Gasteiger charge is -2.21. The molecular formula is C30H32N4O2. The van der Waals surface area contributed by atoms with Crippen molar-refractivity contribution in [1.29, 1.82) is 0 Å². The topological polar surface area (TPSA) is 70.2 Å². The number of hydrogen-bond acceptors (Lipinski definition) is 5. The molecule has 0 unspecified atom stereocenters. The molecule has 1 heterocycles. The van der Waals surface area contributed by atoms with Crippen molar-refractivity contribution in [2.75, 3.05) is 37.5 Å². The van der Waals surface area contributed by atoms with Gasteiger partial charge in [-0.2, -0.15) is 0 Å². The molecule has 0 aliphatic rings. The number of carbonyl (C=O) groups excluding carboxylic acids is 1. The molecule has 184 valence electrons. The van der Waals surface area contributed by atoms with Crippen molar-refractivity contribution >= 4 is 23.4 Å². The number of hydrogen-bond donors (Lipinski definition) is 2. The monoisotopic (exact) mass is 480 g/mol. The number of methoxy groups -OCH3 is 1. The van der Waals surface area contributed by atoms with Crippen LogP contribution in [0.15, 0.2) is 78.9 Å². The molecule has 3 aromatic carbocycles. The molecule has 0 amide bonds. The molecule has 0 spiro atoms. The van der Waals surface area contributed by atoms with Crippen molar-refractivity contribution in [2.24, 2.45) is 0 Å². The molecule has 0 fully saturated rings. The van der Waals surface area contributed by atoms with E-state index < -0.39 is 0 Å². The summed E-state index contributed by atoms with van der Waals surface area (Å²) in [4.78, 5) is 22.3. The van der Waals surface area contributed by atoms with Crippen molar-refractivity contribution in [2.45, 2.75) is 13.8 Å². The number of aromatic nitrogens is 2. The number of carbonyl (C=O) groups is 1. The van der Waals surface area contributed by atoms with Gasteiger partial charge in [0.05, 0.1) is 18.5 Å². The van der Waals surface area contributed by atoms with Gasteiger partial charge >= 0.3 is 5.97 Å². The van der Waals surface area contributed by atoms with Crippen molar-refractivity contribution in [1.82, 2.24) is 9.97 Å². The molecule has 0 atom stereocenters. The van der Waals surface area contributed by atoms with Crippen LogP contribution < -0.4 is 10.2 Å². The standard InChI is InChI=1S/C30H32N4O2/c1-5-34(6-2)26-18-14-23(15-19-26)29-28(22-12-16-25(31-3)17-13-22)32-30(33-29)24-10-7-21(8-11-24)9-20-27(35)36-4/h7-20,31H,5-6H2,1-4H3,(H,32,33)/b20-9+. The maximum Gasteiger partial charge on any atom is 0.330 e. The first-order valence-corrected chi connectivity index (χ1v) is 12.2. The summed E-state index contributed by atoms with van der Waals surface area (Å²) in [5, 5.41) is 3.17. The Bertz CT molecular complexity index is 1320. The lowest BCUT2D eigenvalue weighted by Crippen LogP contribution is -2.21. The zero-order valence-electron chi connectivity index (χ0n) is 21.2. The third kappa shape index (κ3) is 5.49. The maximum absolute atomic E-state index is 11.4. The highest BCUT2D eigenvalue weighted by Gasteiger charge is 2.16. The van der Waals surface area contributed by atoms with Crippen LogP contribution in [0, 0.1) is 0 Å². The minimum atomic E-state index is -0.379. The van der Waals surface area contributed by atoms with Crippen molar-refractivity contribution in [3.05, 3.63) is 84.4 Å². The zero-order chi connectivity index (χ0) is 25.5. The predicted molar refractivity (Wildman–Crippen MR) is 149 cm³/mol. The van der Waals surface area contributed by atoms with E-state index in [-0.39, 0.29) is 5.97 Å². The van der Waals surface area contributed by atoms with Crippen LogP contribution in [-0.2, 0) is 9.53 Å². The Balaban J connectivity index is 1.73. The summed E-state index contributed by atoms with van der Waals surface area (Å²) < 4.78 is 4.67. The fourth-order valence-electron chi connectivity index (χ4n) is 4.13. The Morgan fingerprint density at radius 2 is 1.53 bits per heavy atom. The summed E-state index contributed by atoms with van der Waals surface area (Å²) in [5.41, 5.74) is 8.12. The number of anilines is 2. The minimum absolute atomic E-state index is 0.379. The predicted octanol–water partition coefficient (Wildman–Crippen LogP) is 6.48. The van der Waals surface area contributed by atoms with Crippen molar-refractivity contribution in [3.8, 4) is 33.9 Å². The molecular weight excluding hydrogens is 448 g/mol. The third-order valence-electron chi connectivity index (χ3n) is 6.23. The number of benzene rings is 3. The normalized spacial score (nSPS) is 11.0. The molecule has 0 aliphatic heterocycles. The van der Waals surface area contributed by atoms with Gasteiger partial charge in [-0.05, 0) is 49.8 Å². The van der Waals surface area contributed by atoms with Gasteiger partial charge in [-0.1, -0.05) is 48.5 Å². The van der Waals surface area contributed by atoms with E-state index >= 15 is 0 Å². The Hall–Kier alpha value is -4.32. The molecule has 0 aliphatic carbocycles. The molecule has 6 heteroatoms. The van der Waals surface area contributed by atoms with Crippen LogP contribution >= 0.6 is 0 Å². The second-order valence-electron chi connectivity index (χ2n) is 8.33. The smallest absolute Gasteiger partial charge is 0.330 e. The van der Waals surface area contributed by atoms with Gasteiger partial charge in [0, 0.05) is 54.3 Å². The quantitative estimate of drug-likeness (QED) is 0.212. The minimum Gasteiger partial charge on any atom is -0.466 e. The number of aromatic amines is 1. The van der Waals surface area contributed by atoms with Crippen LogP contribution in [0.5, 0.6) is 0 Å². The van der Waals surface area contributed by atoms with E-state index in [0.29, 0.717) is 0 Å². The van der Waals surface area contributed by atoms with Gasteiger partial charge in [0.2, 0.25) is 0 Å². The van der Waals surface area contributed by atoms with Gasteiger partial charge in [-0.3, -0.25) is 0 Å². The summed E-state index contributed by atoms with van der Waals surface area (Å²) in [6.45, 7) is 6.27. The second-order valence-corrected chi connectivity index (χ2v) is 8.33. The van der Waals surface area contributed by atoms with Gasteiger partial charge in [-0.25, -0.2) is 9.78 Å². The molecule has 2 N–H and O–H groups in total. The number of H-pyrrole nitrogens is 1. The molecule has 0 saturated heterocycles. The largest absolute Gasteiger partial charge is 0.466 e. The summed E-state index contributed by atoms with van der Waals surface area (Å²) in [6, 6.07) is 24.8. The van der Waals surface area contributed by atoms with Crippen LogP contribution in [-0.4, -0.2) is 43.2 Å². The van der Waals surface area contributed by atoms with E-state index in [1.807, 2.05) is 31.3 Å². The molecule has 4 aromatic rings. The molecule has 6 nitrogen and oxygen atoms in total. The Kier molecular flexibility index (Phi) is 7.85. The molecule has 0 radical (unpaired) electrons. The molecule has 0 bridgehead atoms. The Morgan fingerprint density at radius 3 is 2.11 bits per heavy atom. The first kappa shape index (κ1) is 24.8. The summed E-state index contributed by atoms with van der Waals surface area (Å²) in [7, 11) is 3.28. The number of imidazole rings is 1. The SMILES string of the molecule is CCN(CC)c1ccc(-c2nc(-c3ccc(/C=C/C(=O)OC)cc3)[nH]c2-c2ccc(NC)cc2)cc1. The molecule has 4 rings (SSSR count). The van der Waals surface area contributed by atoms with E-state index in [9.17, 15) is 4.79 Å². The molecule has 1 aromatic heterocycles. The van der Waals surface area contributed by atoms with Gasteiger partial charge in [0.15, 0.2) is 0 Å². The zero-order valence-corrected chi connectivity index (χ0v) is 21.2. The molecule has 0 saturated carbocycles. The van der Waals surface area contributed by atoms with Crippen LogP contribution in [0.25, 0.3) is 40.0 Å². The first-order valence-electron chi connectivity index (χ1n) is 12.2. The van der Waals surface area contributed by atoms with Crippen LogP contribution in [0.4, 0.5) is 11.4 Å². The van der Waals surface area contributed by atoms with Crippen LogP contribution in [0.2, 0.25) is 0 Å². The van der Waals surface area contributed by atoms with Crippen molar-refractivity contribution < 1.29 is 9.53 Å². The Morgan fingerprint density at radius 1 is 0.917 bits per heavy atom. The van der Waals surface area contributed by atoms with Gasteiger partial charge in [0.1, 0.15) is 5.82 Å². The maximum atomic E-state index is 11.4. The second kappa shape index (κ2) is 11.4. The summed E-state index contributed by atoms with van der Waals surface area (Å²) in [5.74, 6) is 0.407. The average molecular weight is 481 g/mol. The molecule has 36 heavy (non-hydrogen) atoms. The number of nitrogens with one attached hydrogen (secondary N) is 2. The highest BCUT2D eigenvalue weighted by Crippen LogP contribution is 2.34. The van der Waals surface area contributed by atoms with Gasteiger partial charge < -0.3 is 19.9 Å². The average Bonchev–Trinajstić information content (AvgIpc) is 3.38. The van der Waals surface area contributed by atoms with E-state index in [4.69, 9.17) is 4.98 Å². The number of ether oxygens (including phenoxy) is 1. The Labute approximate surface area is 212 Å². The fraction of sp³-hybridized carbons (Fsp3) is 0.200. The van der Waals surface area contributed by atoms with Gasteiger partial charge in [-0.15, -0.1) is 0 Å². The van der Waals surface area contributed by atoms with E-state index in [1.165, 1.54) is 18.9 Å². The number of nitrogens with zero attached hydrogens (tertiary/aromatic N) is 2. The fourth-order valence-corrected chi connectivity index (χ4v) is 4.13. The van der Waals surface area contributed by atoms with E-state index in [0.717, 1.165) is 58.2 Å². The highest BCUT2D eigenvalue weighted by atomic mass is 16.5. The number of rotatable bonds is 9. The van der Waals surface area contributed by atoms with Crippen molar-refractivity contribution in [3.63, 3.8) is 0 Å². The van der Waals surface area contributed by atoms with E-state index in [2.05, 4.69) is 82.3 Å². The number of esters is 1. The first-order chi connectivity index (χ1) is 17.6. The summed E-state index contributed by atoms with van der Waals surface area (Å²) in [6.07, 6.45) is 3.14. The lowest BCUT2D eigenvalue weighted by atomic mass is 10.0. The lowest BCUT2D eigenvalue weighted by molar-refractivity contribution is -0.134. The van der Waals surface area contributed by atoms with Crippen LogP contribution in [0.1, 0.15) is 19.4 Å². The van der Waals surface area contributed by atoms with Crippen LogP contribution in [0.3, 0.4) is 0 Å². The third-order valence-corrected chi connectivity index (χ3v) is 6.23. The van der Waals surface area contributed by atoms with E-state index in [1.54, 1.807) is 6.08 Å². The highest BCUT2D eigenvalue weighted by molar-refractivity contribution is 5.87. The summed E-state index contributed by atoms with van der Waals surface area (Å²) >= 11 is 0.